The molecular weight excluding hydrogens is 313 g/mol. The molecule has 21 heavy (non-hydrogen) atoms. The first-order chi connectivity index (χ1) is 10.1. The normalized spacial score (nSPS) is 10.3. The molecule has 0 saturated carbocycles. The van der Waals surface area contributed by atoms with Crippen LogP contribution in [0.4, 0.5) is 5.69 Å². The number of nitrogens with one attached hydrogen (secondary N) is 1. The summed E-state index contributed by atoms with van der Waals surface area (Å²) in [6.45, 7) is 0.377. The molecule has 2 rings (SSSR count). The van der Waals surface area contributed by atoms with Gasteiger partial charge in [0.1, 0.15) is 5.75 Å². The van der Waals surface area contributed by atoms with Crippen LogP contribution in [0.2, 0.25) is 10.0 Å². The van der Waals surface area contributed by atoms with Crippen molar-refractivity contribution in [1.82, 2.24) is 0 Å². The molecule has 0 amide bonds. The topological polar surface area (TPSA) is 50.7 Å². The highest BCUT2D eigenvalue weighted by Gasteiger charge is 2.11. The average Bonchev–Trinajstić information content (AvgIpc) is 2.49. The Morgan fingerprint density at radius 1 is 1.05 bits per heavy atom. The Kier molecular flexibility index (Phi) is 5.04. The summed E-state index contributed by atoms with van der Waals surface area (Å²) in [7, 11) is 3.10. The maximum atomic E-state index is 9.88. The van der Waals surface area contributed by atoms with Crippen LogP contribution in [0.25, 0.3) is 0 Å². The van der Waals surface area contributed by atoms with Crippen LogP contribution in [0, 0.1) is 0 Å². The Morgan fingerprint density at radius 3 is 2.38 bits per heavy atom. The molecule has 0 heterocycles. The lowest BCUT2D eigenvalue weighted by Gasteiger charge is -2.14. The number of para-hydroxylation sites is 1. The summed E-state index contributed by atoms with van der Waals surface area (Å²) in [4.78, 5) is 0. The van der Waals surface area contributed by atoms with Crippen LogP contribution in [-0.4, -0.2) is 19.3 Å². The van der Waals surface area contributed by atoms with E-state index >= 15 is 0 Å². The Labute approximate surface area is 133 Å². The summed E-state index contributed by atoms with van der Waals surface area (Å²) in [6.07, 6.45) is 0. The Balaban J connectivity index is 2.22. The van der Waals surface area contributed by atoms with Gasteiger partial charge in [-0.3, -0.25) is 0 Å². The lowest BCUT2D eigenvalue weighted by Crippen LogP contribution is -2.01. The first-order valence-corrected chi connectivity index (χ1v) is 6.94. The third-order valence-corrected chi connectivity index (χ3v) is 3.63. The molecular formula is C15H15Cl2NO3. The number of benzene rings is 2. The molecule has 0 aliphatic rings. The van der Waals surface area contributed by atoms with Gasteiger partial charge in [-0.15, -0.1) is 0 Å². The van der Waals surface area contributed by atoms with E-state index in [0.717, 1.165) is 0 Å². The van der Waals surface area contributed by atoms with E-state index in [1.54, 1.807) is 44.6 Å². The van der Waals surface area contributed by atoms with Gasteiger partial charge < -0.3 is 19.9 Å². The van der Waals surface area contributed by atoms with Gasteiger partial charge in [0.25, 0.3) is 0 Å². The number of hydrogen-bond donors (Lipinski definition) is 2. The molecule has 4 nitrogen and oxygen atoms in total. The molecule has 0 aromatic heterocycles. The van der Waals surface area contributed by atoms with Crippen molar-refractivity contribution >= 4 is 28.9 Å². The number of hydrogen-bond acceptors (Lipinski definition) is 4. The van der Waals surface area contributed by atoms with Gasteiger partial charge in [0.2, 0.25) is 0 Å². The molecule has 0 aliphatic carbocycles. The quantitative estimate of drug-likeness (QED) is 0.858. The zero-order chi connectivity index (χ0) is 15.4. The van der Waals surface area contributed by atoms with Crippen molar-refractivity contribution in [2.75, 3.05) is 19.5 Å². The fourth-order valence-electron chi connectivity index (χ4n) is 1.88. The Bertz CT molecular complexity index is 647. The molecule has 0 atom stereocenters. The van der Waals surface area contributed by atoms with Gasteiger partial charge in [-0.05, 0) is 6.07 Å². The van der Waals surface area contributed by atoms with E-state index in [1.165, 1.54) is 0 Å². The van der Waals surface area contributed by atoms with Crippen molar-refractivity contribution in [3.8, 4) is 17.2 Å². The van der Waals surface area contributed by atoms with Gasteiger partial charge in [-0.25, -0.2) is 0 Å². The summed E-state index contributed by atoms with van der Waals surface area (Å²) in [6, 6.07) is 8.59. The third-order valence-electron chi connectivity index (χ3n) is 3.01. The number of rotatable bonds is 5. The Hall–Kier alpha value is -1.78. The van der Waals surface area contributed by atoms with Gasteiger partial charge in [-0.2, -0.15) is 0 Å². The molecule has 112 valence electrons. The molecule has 0 saturated heterocycles. The van der Waals surface area contributed by atoms with E-state index in [9.17, 15) is 5.11 Å². The fraction of sp³-hybridized carbons (Fsp3) is 0.200. The Morgan fingerprint density at radius 2 is 1.71 bits per heavy atom. The summed E-state index contributed by atoms with van der Waals surface area (Å²) >= 11 is 12.1. The maximum Gasteiger partial charge on any atom is 0.162 e. The second kappa shape index (κ2) is 6.78. The van der Waals surface area contributed by atoms with Gasteiger partial charge in [-0.1, -0.05) is 35.3 Å². The number of phenolic OH excluding ortho intramolecular Hbond substituents is 1. The van der Waals surface area contributed by atoms with Crippen molar-refractivity contribution in [3.05, 3.63) is 45.9 Å². The first-order valence-electron chi connectivity index (χ1n) is 6.18. The highest BCUT2D eigenvalue weighted by Crippen LogP contribution is 2.36. The second-order valence-electron chi connectivity index (χ2n) is 4.29. The minimum atomic E-state index is 0.0586. The van der Waals surface area contributed by atoms with E-state index in [1.807, 2.05) is 0 Å². The predicted octanol–water partition coefficient (Wildman–Crippen LogP) is 4.33. The zero-order valence-electron chi connectivity index (χ0n) is 11.6. The van der Waals surface area contributed by atoms with Crippen LogP contribution in [0.3, 0.4) is 0 Å². The van der Waals surface area contributed by atoms with Crippen LogP contribution in [-0.2, 0) is 6.54 Å². The lowest BCUT2D eigenvalue weighted by atomic mass is 10.2. The summed E-state index contributed by atoms with van der Waals surface area (Å²) < 4.78 is 10.4. The molecule has 0 bridgehead atoms. The average molecular weight is 328 g/mol. The fourth-order valence-corrected chi connectivity index (χ4v) is 2.30. The number of anilines is 1. The van der Waals surface area contributed by atoms with Crippen molar-refractivity contribution in [1.29, 1.82) is 0 Å². The maximum absolute atomic E-state index is 9.88. The number of methoxy groups -OCH3 is 2. The highest BCUT2D eigenvalue weighted by molar-refractivity contribution is 6.33. The molecule has 2 N–H and O–H groups in total. The minimum Gasteiger partial charge on any atom is -0.506 e. The van der Waals surface area contributed by atoms with E-state index in [2.05, 4.69) is 5.32 Å². The van der Waals surface area contributed by atoms with E-state index < -0.39 is 0 Å². The van der Waals surface area contributed by atoms with Crippen molar-refractivity contribution in [3.63, 3.8) is 0 Å². The monoisotopic (exact) mass is 327 g/mol. The van der Waals surface area contributed by atoms with Crippen LogP contribution in [0.1, 0.15) is 5.56 Å². The molecule has 0 aliphatic heterocycles. The predicted molar refractivity (Wildman–Crippen MR) is 85.0 cm³/mol. The number of ether oxygens (including phenoxy) is 2. The molecule has 0 fully saturated rings. The molecule has 0 spiro atoms. The first kappa shape index (κ1) is 15.6. The molecule has 0 unspecified atom stereocenters. The summed E-state index contributed by atoms with van der Waals surface area (Å²) in [5.41, 5.74) is 1.35. The van der Waals surface area contributed by atoms with Crippen molar-refractivity contribution < 1.29 is 14.6 Å². The van der Waals surface area contributed by atoms with Gasteiger partial charge in [0, 0.05) is 24.2 Å². The summed E-state index contributed by atoms with van der Waals surface area (Å²) in [5, 5.41) is 13.8. The van der Waals surface area contributed by atoms with E-state index in [4.69, 9.17) is 32.7 Å². The van der Waals surface area contributed by atoms with Crippen LogP contribution < -0.4 is 14.8 Å². The van der Waals surface area contributed by atoms with Crippen LogP contribution >= 0.6 is 23.2 Å². The molecule has 2 aromatic carbocycles. The van der Waals surface area contributed by atoms with E-state index in [-0.39, 0.29) is 5.75 Å². The molecule has 2 aromatic rings. The smallest absolute Gasteiger partial charge is 0.162 e. The number of phenols is 1. The van der Waals surface area contributed by atoms with Crippen molar-refractivity contribution in [2.24, 2.45) is 0 Å². The van der Waals surface area contributed by atoms with Gasteiger partial charge in [0.05, 0.1) is 30.0 Å². The van der Waals surface area contributed by atoms with Crippen molar-refractivity contribution in [2.45, 2.75) is 6.54 Å². The zero-order valence-corrected chi connectivity index (χ0v) is 13.1. The highest BCUT2D eigenvalue weighted by atomic mass is 35.5. The second-order valence-corrected chi connectivity index (χ2v) is 5.10. The summed E-state index contributed by atoms with van der Waals surface area (Å²) in [5.74, 6) is 1.18. The number of halogens is 2. The molecule has 6 heteroatoms. The van der Waals surface area contributed by atoms with Gasteiger partial charge in [0.15, 0.2) is 11.5 Å². The standard InChI is InChI=1S/C15H15Cl2NO3/c1-20-13-6-11(17)12(7-14(13)21-2)18-8-9-4-3-5-10(16)15(9)19/h3-7,18-19H,8H2,1-2H3. The molecule has 0 radical (unpaired) electrons. The van der Waals surface area contributed by atoms with Crippen LogP contribution in [0.5, 0.6) is 17.2 Å². The van der Waals surface area contributed by atoms with E-state index in [0.29, 0.717) is 39.3 Å². The van der Waals surface area contributed by atoms with Crippen LogP contribution in [0.15, 0.2) is 30.3 Å². The van der Waals surface area contributed by atoms with Gasteiger partial charge >= 0.3 is 0 Å². The minimum absolute atomic E-state index is 0.0586. The SMILES string of the molecule is COc1cc(Cl)c(NCc2cccc(Cl)c2O)cc1OC. The lowest BCUT2D eigenvalue weighted by molar-refractivity contribution is 0.355. The number of aromatic hydroxyl groups is 1. The largest absolute Gasteiger partial charge is 0.506 e. The third kappa shape index (κ3) is 3.46.